The number of rotatable bonds is 8. The van der Waals surface area contributed by atoms with Gasteiger partial charge in [0.15, 0.2) is 0 Å². The van der Waals surface area contributed by atoms with E-state index in [1.54, 1.807) is 20.3 Å². The number of aliphatic hydroxyl groups excluding tert-OH is 1. The van der Waals surface area contributed by atoms with Crippen molar-refractivity contribution in [3.05, 3.63) is 29.3 Å². The van der Waals surface area contributed by atoms with Gasteiger partial charge in [0, 0.05) is 14.2 Å². The minimum atomic E-state index is -0.152. The Balaban J connectivity index is 0.00000114. The molecule has 2 saturated carbocycles. The van der Waals surface area contributed by atoms with Crippen molar-refractivity contribution in [3.63, 3.8) is 0 Å². The number of aryl methyl sites for hydroxylation is 2. The molecule has 0 heterocycles. The van der Waals surface area contributed by atoms with Gasteiger partial charge in [-0.2, -0.15) is 0 Å². The van der Waals surface area contributed by atoms with Crippen LogP contribution in [0.5, 0.6) is 5.75 Å². The average molecular weight is 447 g/mol. The summed E-state index contributed by atoms with van der Waals surface area (Å²) in [5.74, 6) is 3.84. The normalized spacial score (nSPS) is 30.5. The first-order valence-electron chi connectivity index (χ1n) is 13.0. The smallest absolute Gasteiger partial charge is 0.115 e. The van der Waals surface area contributed by atoms with Gasteiger partial charge in [0.1, 0.15) is 5.75 Å². The molecule has 32 heavy (non-hydrogen) atoms. The van der Waals surface area contributed by atoms with Crippen molar-refractivity contribution < 1.29 is 14.9 Å². The van der Waals surface area contributed by atoms with Gasteiger partial charge in [-0.15, -0.1) is 0 Å². The first-order chi connectivity index (χ1) is 15.1. The molecular formula is C29H50O3. The van der Waals surface area contributed by atoms with E-state index in [4.69, 9.17) is 0 Å². The van der Waals surface area contributed by atoms with Gasteiger partial charge in [0.05, 0.1) is 6.10 Å². The summed E-state index contributed by atoms with van der Waals surface area (Å²) in [6.45, 7) is 11.8. The maximum absolute atomic E-state index is 10.9. The van der Waals surface area contributed by atoms with Crippen molar-refractivity contribution in [2.75, 3.05) is 14.2 Å². The number of phenols is 1. The summed E-state index contributed by atoms with van der Waals surface area (Å²) in [7, 11) is 3.25. The van der Waals surface area contributed by atoms with Gasteiger partial charge in [-0.1, -0.05) is 53.0 Å². The van der Waals surface area contributed by atoms with Crippen LogP contribution in [0.2, 0.25) is 0 Å². The molecule has 0 aliphatic heterocycles. The van der Waals surface area contributed by atoms with E-state index in [-0.39, 0.29) is 6.10 Å². The van der Waals surface area contributed by atoms with Gasteiger partial charge >= 0.3 is 0 Å². The molecule has 0 amide bonds. The van der Waals surface area contributed by atoms with Crippen LogP contribution < -0.4 is 0 Å². The SMILES string of the molecule is COC.Cc1ccc(O)cc1CC[C@@H]1[C@H](O)CC[C@]2(C)[C@@H]([C@H](C)CCCC(C)C)CC[C@@H]12. The third-order valence-corrected chi connectivity index (χ3v) is 8.68. The van der Waals surface area contributed by atoms with Crippen molar-refractivity contribution in [1.82, 2.24) is 0 Å². The van der Waals surface area contributed by atoms with Gasteiger partial charge < -0.3 is 14.9 Å². The fraction of sp³-hybridized carbons (Fsp3) is 0.793. The predicted octanol–water partition coefficient (Wildman–Crippen LogP) is 7.16. The highest BCUT2D eigenvalue weighted by Gasteiger charge is 2.54. The maximum atomic E-state index is 10.9. The molecule has 184 valence electrons. The number of phenolic OH excluding ortho intramolecular Hbond substituents is 1. The van der Waals surface area contributed by atoms with Crippen LogP contribution >= 0.6 is 0 Å². The van der Waals surface area contributed by atoms with Crippen LogP contribution in [0.3, 0.4) is 0 Å². The maximum Gasteiger partial charge on any atom is 0.115 e. The quantitative estimate of drug-likeness (QED) is 0.445. The summed E-state index contributed by atoms with van der Waals surface area (Å²) in [6, 6.07) is 5.70. The molecule has 0 spiro atoms. The standard InChI is InChI=1S/C27H44O2.C2H6O/c1-18(2)7-6-8-20(4)24-13-14-25-23(26(29)15-16-27(24,25)5)12-10-21-17-22(28)11-9-19(21)3;1-3-2/h9,11,17-18,20,23-26,28-29H,6-8,10,12-16H2,1-5H3;1-2H3/t20-,23+,24-,25+,26-,27-;/m1./s1. The van der Waals surface area contributed by atoms with E-state index >= 15 is 0 Å². The Kier molecular flexibility index (Phi) is 10.5. The molecule has 0 aromatic heterocycles. The third kappa shape index (κ3) is 6.73. The number of methoxy groups -OCH3 is 1. The Bertz CT molecular complexity index is 685. The minimum absolute atomic E-state index is 0.152. The zero-order valence-electron chi connectivity index (χ0n) is 21.9. The lowest BCUT2D eigenvalue weighted by Gasteiger charge is -2.49. The second-order valence-corrected chi connectivity index (χ2v) is 11.4. The summed E-state index contributed by atoms with van der Waals surface area (Å²) in [5.41, 5.74) is 2.88. The van der Waals surface area contributed by atoms with Crippen LogP contribution in [0.1, 0.15) is 90.2 Å². The van der Waals surface area contributed by atoms with Crippen molar-refractivity contribution >= 4 is 0 Å². The van der Waals surface area contributed by atoms with E-state index in [0.717, 1.165) is 37.0 Å². The monoisotopic (exact) mass is 446 g/mol. The molecular weight excluding hydrogens is 396 g/mol. The van der Waals surface area contributed by atoms with E-state index in [9.17, 15) is 10.2 Å². The molecule has 0 saturated heterocycles. The van der Waals surface area contributed by atoms with Gasteiger partial charge in [-0.25, -0.2) is 0 Å². The molecule has 3 nitrogen and oxygen atoms in total. The summed E-state index contributed by atoms with van der Waals surface area (Å²) in [4.78, 5) is 0. The third-order valence-electron chi connectivity index (χ3n) is 8.68. The van der Waals surface area contributed by atoms with Crippen LogP contribution in [0.4, 0.5) is 0 Å². The highest BCUT2D eigenvalue weighted by molar-refractivity contribution is 5.34. The molecule has 2 N–H and O–H groups in total. The molecule has 0 bridgehead atoms. The fourth-order valence-electron chi connectivity index (χ4n) is 6.94. The van der Waals surface area contributed by atoms with Crippen molar-refractivity contribution in [2.45, 2.75) is 98.5 Å². The Morgan fingerprint density at radius 1 is 1.09 bits per heavy atom. The molecule has 0 radical (unpaired) electrons. The zero-order valence-corrected chi connectivity index (χ0v) is 21.9. The van der Waals surface area contributed by atoms with Gasteiger partial charge in [0.2, 0.25) is 0 Å². The molecule has 3 heteroatoms. The second kappa shape index (κ2) is 12.4. The zero-order chi connectivity index (χ0) is 23.9. The number of hydrogen-bond acceptors (Lipinski definition) is 3. The first-order valence-corrected chi connectivity index (χ1v) is 13.0. The predicted molar refractivity (Wildman–Crippen MR) is 135 cm³/mol. The second-order valence-electron chi connectivity index (χ2n) is 11.4. The van der Waals surface area contributed by atoms with E-state index in [1.165, 1.54) is 49.7 Å². The Labute approximate surface area is 198 Å². The lowest BCUT2D eigenvalue weighted by atomic mass is 9.57. The molecule has 2 fully saturated rings. The Morgan fingerprint density at radius 2 is 1.78 bits per heavy atom. The lowest BCUT2D eigenvalue weighted by molar-refractivity contribution is -0.0529. The number of aliphatic hydroxyl groups is 1. The molecule has 3 rings (SSSR count). The summed E-state index contributed by atoms with van der Waals surface area (Å²) >= 11 is 0. The summed E-state index contributed by atoms with van der Waals surface area (Å²) < 4.78 is 4.25. The van der Waals surface area contributed by atoms with Crippen LogP contribution in [-0.2, 0) is 11.2 Å². The number of fused-ring (bicyclic) bond motifs is 1. The largest absolute Gasteiger partial charge is 0.508 e. The van der Waals surface area contributed by atoms with E-state index < -0.39 is 0 Å². The number of benzene rings is 1. The van der Waals surface area contributed by atoms with Crippen LogP contribution in [0.15, 0.2) is 18.2 Å². The highest BCUT2D eigenvalue weighted by atomic mass is 16.4. The molecule has 6 atom stereocenters. The number of hydrogen-bond donors (Lipinski definition) is 2. The molecule has 1 aromatic rings. The van der Waals surface area contributed by atoms with Gasteiger partial charge in [-0.3, -0.25) is 0 Å². The summed E-state index contributed by atoms with van der Waals surface area (Å²) in [5, 5.41) is 20.8. The van der Waals surface area contributed by atoms with Gasteiger partial charge in [0.25, 0.3) is 0 Å². The Hall–Kier alpha value is -1.06. The molecule has 0 unspecified atom stereocenters. The topological polar surface area (TPSA) is 49.7 Å². The average Bonchev–Trinajstić information content (AvgIpc) is 3.07. The molecule has 1 aromatic carbocycles. The highest BCUT2D eigenvalue weighted by Crippen LogP contribution is 2.60. The molecule has 2 aliphatic rings. The van der Waals surface area contributed by atoms with E-state index in [0.29, 0.717) is 23.0 Å². The van der Waals surface area contributed by atoms with Crippen molar-refractivity contribution in [3.8, 4) is 5.75 Å². The van der Waals surface area contributed by atoms with E-state index in [2.05, 4.69) is 39.4 Å². The number of aromatic hydroxyl groups is 1. The van der Waals surface area contributed by atoms with E-state index in [1.807, 2.05) is 12.1 Å². The van der Waals surface area contributed by atoms with Crippen LogP contribution in [0, 0.1) is 41.9 Å². The fourth-order valence-corrected chi connectivity index (χ4v) is 6.94. The van der Waals surface area contributed by atoms with Crippen LogP contribution in [-0.4, -0.2) is 30.5 Å². The van der Waals surface area contributed by atoms with Gasteiger partial charge in [-0.05, 0) is 104 Å². The number of ether oxygens (including phenoxy) is 1. The molecule has 2 aliphatic carbocycles. The van der Waals surface area contributed by atoms with Crippen LogP contribution in [0.25, 0.3) is 0 Å². The van der Waals surface area contributed by atoms with Crippen molar-refractivity contribution in [2.24, 2.45) is 35.0 Å². The minimum Gasteiger partial charge on any atom is -0.508 e. The van der Waals surface area contributed by atoms with Crippen molar-refractivity contribution in [1.29, 1.82) is 0 Å². The Morgan fingerprint density at radius 3 is 2.44 bits per heavy atom. The first kappa shape index (κ1) is 27.2. The summed E-state index contributed by atoms with van der Waals surface area (Å²) in [6.07, 6.45) is 10.7. The lowest BCUT2D eigenvalue weighted by Crippen LogP contribution is -2.45.